The molecular formula is C30H41BF2N2O4. The van der Waals surface area contributed by atoms with E-state index in [1.807, 2.05) is 75.3 Å². The van der Waals surface area contributed by atoms with Crippen molar-refractivity contribution in [1.82, 2.24) is 10.4 Å². The first-order chi connectivity index (χ1) is 17.9. The van der Waals surface area contributed by atoms with Crippen LogP contribution >= 0.6 is 0 Å². The molecule has 212 valence electrons. The summed E-state index contributed by atoms with van der Waals surface area (Å²) in [7, 11) is -0.992. The fourth-order valence-corrected chi connectivity index (χ4v) is 4.82. The number of benzene rings is 2. The van der Waals surface area contributed by atoms with Gasteiger partial charge in [0.1, 0.15) is 17.2 Å². The van der Waals surface area contributed by atoms with Crippen molar-refractivity contribution in [1.29, 1.82) is 0 Å². The molecule has 1 saturated heterocycles. The van der Waals surface area contributed by atoms with Gasteiger partial charge in [0.05, 0.1) is 17.2 Å². The molecule has 9 heteroatoms. The normalized spacial score (nSPS) is 17.2. The first-order valence-electron chi connectivity index (χ1n) is 13.5. The lowest BCUT2D eigenvalue weighted by Gasteiger charge is -2.40. The molecule has 2 aromatic carbocycles. The van der Waals surface area contributed by atoms with Crippen LogP contribution in [0.5, 0.6) is 0 Å². The topological polar surface area (TPSA) is 67.9 Å². The van der Waals surface area contributed by atoms with Crippen LogP contribution in [0.4, 0.5) is 8.78 Å². The van der Waals surface area contributed by atoms with E-state index in [0.717, 1.165) is 29.7 Å². The molecule has 0 saturated carbocycles. The lowest BCUT2D eigenvalue weighted by atomic mass is 9.78. The molecule has 0 aromatic heterocycles. The lowest BCUT2D eigenvalue weighted by Crippen LogP contribution is -2.56. The van der Waals surface area contributed by atoms with Gasteiger partial charge in [0.15, 0.2) is 0 Å². The molecule has 1 heterocycles. The third-order valence-electron chi connectivity index (χ3n) is 7.60. The maximum atomic E-state index is 15.3. The monoisotopic (exact) mass is 542 g/mol. The van der Waals surface area contributed by atoms with Crippen molar-refractivity contribution >= 4 is 24.4 Å². The van der Waals surface area contributed by atoms with Crippen LogP contribution in [0.3, 0.4) is 0 Å². The quantitative estimate of drug-likeness (QED) is 0.366. The lowest BCUT2D eigenvalue weighted by molar-refractivity contribution is 0.00578. The number of rotatable bonds is 6. The number of nitrogens with zero attached hydrogens (tertiary/aromatic N) is 1. The summed E-state index contributed by atoms with van der Waals surface area (Å²) in [4.78, 5) is 27.2. The van der Waals surface area contributed by atoms with Crippen molar-refractivity contribution in [3.8, 4) is 0 Å². The number of hydrogen-bond acceptors (Lipinski definition) is 4. The zero-order valence-corrected chi connectivity index (χ0v) is 24.8. The molecular weight excluding hydrogens is 501 g/mol. The molecule has 3 rings (SSSR count). The molecule has 0 aliphatic carbocycles. The second kappa shape index (κ2) is 11.0. The minimum atomic E-state index is -1.07. The molecule has 1 aliphatic heterocycles. The van der Waals surface area contributed by atoms with Crippen LogP contribution in [0.25, 0.3) is 0 Å². The van der Waals surface area contributed by atoms with Crippen molar-refractivity contribution in [3.63, 3.8) is 0 Å². The standard InChI is InChI=1S/C30H41BF2N2O4/c1-11-12-24(28(4,5)6)35(27(37)20-14-18(2)13-19(3)15-20)34-26(36)25-22(32)16-21(17-23(25)33)31-38-29(7,8)30(9,10)39-31/h13-17,24H,11-12H2,1-10H3,(H,34,36). The summed E-state index contributed by atoms with van der Waals surface area (Å²) in [6.45, 7) is 19.0. The van der Waals surface area contributed by atoms with Crippen molar-refractivity contribution in [2.45, 2.75) is 99.3 Å². The van der Waals surface area contributed by atoms with Gasteiger partial charge in [-0.25, -0.2) is 13.8 Å². The van der Waals surface area contributed by atoms with Crippen LogP contribution in [0.2, 0.25) is 0 Å². The number of amides is 2. The molecule has 1 unspecified atom stereocenters. The number of hydrogen-bond donors (Lipinski definition) is 1. The molecule has 0 spiro atoms. The Labute approximate surface area is 231 Å². The summed E-state index contributed by atoms with van der Waals surface area (Å²) in [5.74, 6) is -3.63. The average Bonchev–Trinajstić information content (AvgIpc) is 3.00. The van der Waals surface area contributed by atoms with Gasteiger partial charge in [-0.05, 0) is 83.1 Å². The third-order valence-corrected chi connectivity index (χ3v) is 7.60. The fraction of sp³-hybridized carbons (Fsp3) is 0.533. The van der Waals surface area contributed by atoms with E-state index in [9.17, 15) is 9.59 Å². The van der Waals surface area contributed by atoms with E-state index in [1.54, 1.807) is 12.1 Å². The van der Waals surface area contributed by atoms with Gasteiger partial charge in [-0.15, -0.1) is 0 Å². The molecule has 1 aliphatic rings. The maximum absolute atomic E-state index is 15.3. The largest absolute Gasteiger partial charge is 0.495 e. The van der Waals surface area contributed by atoms with Crippen molar-refractivity contribution in [2.24, 2.45) is 5.41 Å². The number of nitrogens with one attached hydrogen (secondary N) is 1. The summed E-state index contributed by atoms with van der Waals surface area (Å²) < 4.78 is 42.5. The molecule has 39 heavy (non-hydrogen) atoms. The van der Waals surface area contributed by atoms with Gasteiger partial charge >= 0.3 is 7.12 Å². The Morgan fingerprint density at radius 2 is 1.44 bits per heavy atom. The number of halogens is 2. The highest BCUT2D eigenvalue weighted by molar-refractivity contribution is 6.62. The fourth-order valence-electron chi connectivity index (χ4n) is 4.82. The van der Waals surface area contributed by atoms with Crippen molar-refractivity contribution in [3.05, 3.63) is 64.2 Å². The van der Waals surface area contributed by atoms with E-state index in [2.05, 4.69) is 5.43 Å². The first kappa shape index (κ1) is 30.8. The molecule has 1 N–H and O–H groups in total. The third kappa shape index (κ3) is 6.52. The van der Waals surface area contributed by atoms with E-state index < -0.39 is 58.8 Å². The molecule has 2 amide bonds. The van der Waals surface area contributed by atoms with E-state index in [4.69, 9.17) is 9.31 Å². The SMILES string of the molecule is CCCC(N(NC(=O)c1c(F)cc(B2OC(C)(C)C(C)(C)O2)cc1F)C(=O)c1cc(C)cc(C)c1)C(C)(C)C. The van der Waals surface area contributed by atoms with Gasteiger partial charge < -0.3 is 9.31 Å². The predicted octanol–water partition coefficient (Wildman–Crippen LogP) is 5.88. The van der Waals surface area contributed by atoms with E-state index in [0.29, 0.717) is 12.0 Å². The Kier molecular flexibility index (Phi) is 8.68. The van der Waals surface area contributed by atoms with Crippen LogP contribution < -0.4 is 10.9 Å². The predicted molar refractivity (Wildman–Crippen MR) is 150 cm³/mol. The Balaban J connectivity index is 1.99. The van der Waals surface area contributed by atoms with Crippen LogP contribution in [-0.2, 0) is 9.31 Å². The summed E-state index contributed by atoms with van der Waals surface area (Å²) in [6, 6.07) is 7.07. The van der Waals surface area contributed by atoms with Crippen LogP contribution in [0, 0.1) is 30.9 Å². The number of hydrazine groups is 1. The van der Waals surface area contributed by atoms with Crippen molar-refractivity contribution < 1.29 is 27.7 Å². The highest BCUT2D eigenvalue weighted by Crippen LogP contribution is 2.36. The zero-order chi connectivity index (χ0) is 29.5. The highest BCUT2D eigenvalue weighted by Gasteiger charge is 2.52. The van der Waals surface area contributed by atoms with E-state index >= 15 is 8.78 Å². The summed E-state index contributed by atoms with van der Waals surface area (Å²) in [5.41, 5.74) is 2.25. The van der Waals surface area contributed by atoms with E-state index in [-0.39, 0.29) is 5.46 Å². The van der Waals surface area contributed by atoms with Gasteiger partial charge in [-0.1, -0.05) is 51.3 Å². The van der Waals surface area contributed by atoms with E-state index in [1.165, 1.54) is 5.01 Å². The van der Waals surface area contributed by atoms with Gasteiger partial charge in [-0.3, -0.25) is 15.0 Å². The molecule has 6 nitrogen and oxygen atoms in total. The first-order valence-corrected chi connectivity index (χ1v) is 13.5. The molecule has 0 bridgehead atoms. The average molecular weight is 542 g/mol. The number of carbonyl (C=O) groups excluding carboxylic acids is 2. The Morgan fingerprint density at radius 1 is 0.949 bits per heavy atom. The Bertz CT molecular complexity index is 1200. The molecule has 0 radical (unpaired) electrons. The van der Waals surface area contributed by atoms with Crippen LogP contribution in [0.1, 0.15) is 100 Å². The molecule has 1 fully saturated rings. The molecule has 1 atom stereocenters. The minimum Gasteiger partial charge on any atom is -0.399 e. The summed E-state index contributed by atoms with van der Waals surface area (Å²) in [6.07, 6.45) is 1.31. The van der Waals surface area contributed by atoms with Gasteiger partial charge in [0, 0.05) is 5.56 Å². The smallest absolute Gasteiger partial charge is 0.399 e. The van der Waals surface area contributed by atoms with Crippen molar-refractivity contribution in [2.75, 3.05) is 0 Å². The van der Waals surface area contributed by atoms with Crippen LogP contribution in [-0.4, -0.2) is 41.2 Å². The number of carbonyl (C=O) groups is 2. The Morgan fingerprint density at radius 3 is 1.87 bits per heavy atom. The van der Waals surface area contributed by atoms with Gasteiger partial charge in [0.25, 0.3) is 11.8 Å². The second-order valence-electron chi connectivity index (χ2n) is 12.6. The van der Waals surface area contributed by atoms with Gasteiger partial charge in [-0.2, -0.15) is 0 Å². The van der Waals surface area contributed by atoms with Gasteiger partial charge in [0.2, 0.25) is 0 Å². The second-order valence-corrected chi connectivity index (χ2v) is 12.6. The minimum absolute atomic E-state index is 0.127. The molecule has 2 aromatic rings. The van der Waals surface area contributed by atoms with Crippen LogP contribution in [0.15, 0.2) is 30.3 Å². The summed E-state index contributed by atoms with van der Waals surface area (Å²) >= 11 is 0. The summed E-state index contributed by atoms with van der Waals surface area (Å²) in [5, 5.41) is 1.24. The maximum Gasteiger partial charge on any atom is 0.495 e. The highest BCUT2D eigenvalue weighted by atomic mass is 19.1. The number of aryl methyl sites for hydroxylation is 2. The zero-order valence-electron chi connectivity index (χ0n) is 24.8. The Hall–Kier alpha value is -2.78.